The van der Waals surface area contributed by atoms with Crippen molar-refractivity contribution < 1.29 is 14.0 Å². The molecule has 0 spiro atoms. The number of carbonyl (C=O) groups is 2. The van der Waals surface area contributed by atoms with Crippen LogP contribution in [0.4, 0.5) is 4.39 Å². The Morgan fingerprint density at radius 1 is 0.958 bits per heavy atom. The summed E-state index contributed by atoms with van der Waals surface area (Å²) in [6.45, 7) is -0.158. The summed E-state index contributed by atoms with van der Waals surface area (Å²) in [6.07, 6.45) is 0. The Hall–Kier alpha value is -3.42. The first-order valence-electron chi connectivity index (χ1n) is 7.12. The molecule has 2 heterocycles. The molecule has 0 fully saturated rings. The highest BCUT2D eigenvalue weighted by Gasteiger charge is 2.35. The Kier molecular flexibility index (Phi) is 3.16. The van der Waals surface area contributed by atoms with Crippen LogP contribution < -0.4 is 0 Å². The van der Waals surface area contributed by atoms with Crippen LogP contribution in [0.15, 0.2) is 48.5 Å². The van der Waals surface area contributed by atoms with E-state index in [9.17, 15) is 14.0 Å². The van der Waals surface area contributed by atoms with Crippen LogP contribution in [-0.2, 0) is 6.67 Å². The minimum Gasteiger partial charge on any atom is -0.269 e. The Labute approximate surface area is 135 Å². The molecule has 1 aliphatic heterocycles. The van der Waals surface area contributed by atoms with Gasteiger partial charge in [0.1, 0.15) is 12.5 Å². The van der Waals surface area contributed by atoms with Crippen molar-refractivity contribution in [1.82, 2.24) is 25.1 Å². The fourth-order valence-corrected chi connectivity index (χ4v) is 2.54. The molecule has 0 N–H and O–H groups in total. The highest BCUT2D eigenvalue weighted by atomic mass is 19.1. The third-order valence-electron chi connectivity index (χ3n) is 3.68. The molecule has 2 aromatic carbocycles. The molecule has 0 aliphatic carbocycles. The van der Waals surface area contributed by atoms with Gasteiger partial charge < -0.3 is 0 Å². The number of aromatic nitrogens is 4. The van der Waals surface area contributed by atoms with Gasteiger partial charge in [-0.1, -0.05) is 24.3 Å². The molecule has 4 rings (SSSR count). The number of hydrogen-bond acceptors (Lipinski definition) is 5. The monoisotopic (exact) mass is 323 g/mol. The number of halogens is 1. The number of rotatable bonds is 3. The Balaban J connectivity index is 1.59. The van der Waals surface area contributed by atoms with Gasteiger partial charge in [0.25, 0.3) is 11.8 Å². The van der Waals surface area contributed by atoms with Crippen molar-refractivity contribution in [3.63, 3.8) is 0 Å². The van der Waals surface area contributed by atoms with E-state index >= 15 is 0 Å². The van der Waals surface area contributed by atoms with Gasteiger partial charge in [0.05, 0.1) is 11.1 Å². The van der Waals surface area contributed by atoms with Crippen molar-refractivity contribution in [3.8, 4) is 11.4 Å². The molecule has 1 aliphatic rings. The van der Waals surface area contributed by atoms with E-state index in [0.717, 1.165) is 9.70 Å². The summed E-state index contributed by atoms with van der Waals surface area (Å²) in [5.74, 6) is -1.00. The predicted molar refractivity (Wildman–Crippen MR) is 80.2 cm³/mol. The summed E-state index contributed by atoms with van der Waals surface area (Å²) in [6, 6.07) is 12.4. The number of hydrogen-bond donors (Lipinski definition) is 0. The van der Waals surface area contributed by atoms with Crippen LogP contribution in [0.2, 0.25) is 0 Å². The minimum atomic E-state index is -0.413. The second kappa shape index (κ2) is 5.34. The van der Waals surface area contributed by atoms with Gasteiger partial charge in [-0.3, -0.25) is 14.5 Å². The lowest BCUT2D eigenvalue weighted by Gasteiger charge is -2.11. The number of fused-ring (bicyclic) bond motifs is 1. The summed E-state index contributed by atoms with van der Waals surface area (Å²) < 4.78 is 13.3. The van der Waals surface area contributed by atoms with Gasteiger partial charge in [-0.2, -0.15) is 0 Å². The van der Waals surface area contributed by atoms with Gasteiger partial charge in [0.2, 0.25) is 5.82 Å². The van der Waals surface area contributed by atoms with E-state index in [0.29, 0.717) is 16.7 Å². The second-order valence-electron chi connectivity index (χ2n) is 5.22. The lowest BCUT2D eigenvalue weighted by Crippen LogP contribution is -2.32. The summed E-state index contributed by atoms with van der Waals surface area (Å²) in [5, 5.41) is 11.8. The quantitative estimate of drug-likeness (QED) is 0.686. The minimum absolute atomic E-state index is 0.158. The van der Waals surface area contributed by atoms with Crippen molar-refractivity contribution >= 4 is 11.8 Å². The molecule has 0 saturated heterocycles. The fourth-order valence-electron chi connectivity index (χ4n) is 2.54. The van der Waals surface area contributed by atoms with Crippen LogP contribution in [0, 0.1) is 5.82 Å². The first kappa shape index (κ1) is 14.2. The fraction of sp³-hybridized carbons (Fsp3) is 0.0625. The van der Waals surface area contributed by atoms with Crippen LogP contribution >= 0.6 is 0 Å². The standard InChI is InChI=1S/C16H10FN5O2/c17-11-5-3-4-10(8-11)14-18-20-22(19-14)9-21-15(23)12-6-1-2-7-13(12)16(21)24/h1-8H,9H2. The number of nitrogens with zero attached hydrogens (tertiary/aromatic N) is 5. The molecule has 7 nitrogen and oxygen atoms in total. The largest absolute Gasteiger partial charge is 0.269 e. The molecule has 0 bridgehead atoms. The first-order valence-corrected chi connectivity index (χ1v) is 7.12. The molecule has 0 atom stereocenters. The highest BCUT2D eigenvalue weighted by Crippen LogP contribution is 2.23. The van der Waals surface area contributed by atoms with Crippen LogP contribution in [0.25, 0.3) is 11.4 Å². The van der Waals surface area contributed by atoms with Gasteiger partial charge in [-0.05, 0) is 29.5 Å². The summed E-state index contributed by atoms with van der Waals surface area (Å²) in [7, 11) is 0. The molecule has 0 saturated carbocycles. The van der Waals surface area contributed by atoms with Crippen molar-refractivity contribution in [2.75, 3.05) is 0 Å². The third kappa shape index (κ3) is 2.24. The van der Waals surface area contributed by atoms with Crippen LogP contribution in [0.3, 0.4) is 0 Å². The molecule has 2 amide bonds. The molecule has 118 valence electrons. The zero-order chi connectivity index (χ0) is 16.7. The van der Waals surface area contributed by atoms with E-state index in [4.69, 9.17) is 0 Å². The number of imide groups is 1. The average Bonchev–Trinajstić information content (AvgIpc) is 3.15. The summed E-state index contributed by atoms with van der Waals surface area (Å²) in [4.78, 5) is 26.8. The lowest BCUT2D eigenvalue weighted by atomic mass is 10.1. The van der Waals surface area contributed by atoms with Gasteiger partial charge in [0.15, 0.2) is 0 Å². The van der Waals surface area contributed by atoms with E-state index in [-0.39, 0.29) is 12.5 Å². The molecule has 0 unspecified atom stereocenters. The molecule has 1 aromatic heterocycles. The smallest absolute Gasteiger partial charge is 0.263 e. The average molecular weight is 323 g/mol. The van der Waals surface area contributed by atoms with E-state index in [2.05, 4.69) is 15.4 Å². The van der Waals surface area contributed by atoms with E-state index in [1.165, 1.54) is 18.2 Å². The maximum Gasteiger partial charge on any atom is 0.263 e. The molecule has 8 heteroatoms. The van der Waals surface area contributed by atoms with E-state index in [1.54, 1.807) is 30.3 Å². The molecule has 0 radical (unpaired) electrons. The Bertz CT molecular complexity index is 933. The molecular weight excluding hydrogens is 313 g/mol. The molecular formula is C16H10FN5O2. The number of amides is 2. The van der Waals surface area contributed by atoms with Crippen LogP contribution in [0.5, 0.6) is 0 Å². The predicted octanol–water partition coefficient (Wildman–Crippen LogP) is 1.73. The number of tetrazole rings is 1. The first-order chi connectivity index (χ1) is 11.6. The van der Waals surface area contributed by atoms with Crippen molar-refractivity contribution in [1.29, 1.82) is 0 Å². The Morgan fingerprint density at radius 3 is 2.33 bits per heavy atom. The van der Waals surface area contributed by atoms with Crippen molar-refractivity contribution in [3.05, 3.63) is 65.5 Å². The number of carbonyl (C=O) groups excluding carboxylic acids is 2. The van der Waals surface area contributed by atoms with E-state index < -0.39 is 17.6 Å². The maximum absolute atomic E-state index is 13.3. The lowest BCUT2D eigenvalue weighted by molar-refractivity contribution is 0.0586. The zero-order valence-corrected chi connectivity index (χ0v) is 12.3. The molecule has 3 aromatic rings. The van der Waals surface area contributed by atoms with Gasteiger partial charge in [0, 0.05) is 5.56 Å². The van der Waals surface area contributed by atoms with Crippen molar-refractivity contribution in [2.24, 2.45) is 0 Å². The van der Waals surface area contributed by atoms with Crippen LogP contribution in [-0.4, -0.2) is 36.9 Å². The topological polar surface area (TPSA) is 81.0 Å². The van der Waals surface area contributed by atoms with Gasteiger partial charge >= 0.3 is 0 Å². The normalized spacial score (nSPS) is 13.5. The van der Waals surface area contributed by atoms with Crippen molar-refractivity contribution in [2.45, 2.75) is 6.67 Å². The van der Waals surface area contributed by atoms with Gasteiger partial charge in [-0.15, -0.1) is 15.0 Å². The summed E-state index contributed by atoms with van der Waals surface area (Å²) in [5.41, 5.74) is 1.17. The maximum atomic E-state index is 13.3. The summed E-state index contributed by atoms with van der Waals surface area (Å²) >= 11 is 0. The van der Waals surface area contributed by atoms with Crippen LogP contribution in [0.1, 0.15) is 20.7 Å². The zero-order valence-electron chi connectivity index (χ0n) is 12.3. The highest BCUT2D eigenvalue weighted by molar-refractivity contribution is 6.21. The second-order valence-corrected chi connectivity index (χ2v) is 5.22. The number of benzene rings is 2. The molecule has 24 heavy (non-hydrogen) atoms. The van der Waals surface area contributed by atoms with Gasteiger partial charge in [-0.25, -0.2) is 4.39 Å². The SMILES string of the molecule is O=C1c2ccccc2C(=O)N1Cn1nnc(-c2cccc(F)c2)n1. The third-order valence-corrected chi connectivity index (χ3v) is 3.68. The Morgan fingerprint density at radius 2 is 1.67 bits per heavy atom. The van der Waals surface area contributed by atoms with E-state index in [1.807, 2.05) is 0 Å².